The summed E-state index contributed by atoms with van der Waals surface area (Å²) >= 11 is 6.00. The topological polar surface area (TPSA) is 96.0 Å². The van der Waals surface area contributed by atoms with Crippen molar-refractivity contribution in [1.82, 2.24) is 10.2 Å². The summed E-state index contributed by atoms with van der Waals surface area (Å²) in [5.41, 5.74) is 2.98. The van der Waals surface area contributed by atoms with E-state index in [9.17, 15) is 18.0 Å². The van der Waals surface area contributed by atoms with Gasteiger partial charge in [-0.1, -0.05) is 36.7 Å². The highest BCUT2D eigenvalue weighted by Crippen LogP contribution is 2.27. The van der Waals surface area contributed by atoms with E-state index in [4.69, 9.17) is 16.3 Å². The Morgan fingerprint density at radius 1 is 0.975 bits per heavy atom. The van der Waals surface area contributed by atoms with Crippen LogP contribution < -0.4 is 14.4 Å². The Bertz CT molecular complexity index is 1430. The zero-order chi connectivity index (χ0) is 29.4. The molecule has 10 heteroatoms. The molecule has 3 rings (SSSR count). The molecule has 3 aromatic rings. The van der Waals surface area contributed by atoms with Gasteiger partial charge in [-0.25, -0.2) is 8.42 Å². The molecule has 0 heterocycles. The molecule has 214 valence electrons. The van der Waals surface area contributed by atoms with Crippen LogP contribution in [0.4, 0.5) is 5.69 Å². The first-order chi connectivity index (χ1) is 19.0. The molecule has 3 aromatic carbocycles. The number of hydrogen-bond donors (Lipinski definition) is 1. The van der Waals surface area contributed by atoms with E-state index in [1.165, 1.54) is 29.2 Å². The predicted octanol–water partition coefficient (Wildman–Crippen LogP) is 5.10. The summed E-state index contributed by atoms with van der Waals surface area (Å²) in [7, 11) is -2.60. The van der Waals surface area contributed by atoms with E-state index in [1.807, 2.05) is 26.8 Å². The lowest BCUT2D eigenvalue weighted by Gasteiger charge is -2.32. The normalized spacial score (nSPS) is 11.9. The summed E-state index contributed by atoms with van der Waals surface area (Å²) < 4.78 is 34.1. The molecule has 0 saturated heterocycles. The average Bonchev–Trinajstić information content (AvgIpc) is 2.94. The number of ether oxygens (including phenoxy) is 1. The molecule has 0 saturated carbocycles. The van der Waals surface area contributed by atoms with Gasteiger partial charge in [-0.2, -0.15) is 0 Å². The number of amides is 2. The standard InChI is InChI=1S/C30H36ClN3O5S/c1-6-17-32-30(36)23(4)33(19-24-8-13-27(39-5)14-9-24)29(35)20-34(26-12-7-21(2)22(3)18-26)40(37,38)28-15-10-25(31)11-16-28/h7-16,18,23H,6,17,19-20H2,1-5H3,(H,32,36)/t23-/m1/s1. The molecule has 0 unspecified atom stereocenters. The van der Waals surface area contributed by atoms with Crippen molar-refractivity contribution in [3.63, 3.8) is 0 Å². The van der Waals surface area contributed by atoms with Crippen molar-refractivity contribution in [3.8, 4) is 5.75 Å². The Morgan fingerprint density at radius 2 is 1.62 bits per heavy atom. The number of sulfonamides is 1. The Kier molecular flexibility index (Phi) is 10.6. The third kappa shape index (κ3) is 7.55. The largest absolute Gasteiger partial charge is 0.497 e. The molecule has 0 aromatic heterocycles. The molecule has 0 aliphatic heterocycles. The fourth-order valence-corrected chi connectivity index (χ4v) is 5.58. The van der Waals surface area contributed by atoms with E-state index < -0.39 is 28.5 Å². The van der Waals surface area contributed by atoms with Crippen LogP contribution >= 0.6 is 11.6 Å². The van der Waals surface area contributed by atoms with Gasteiger partial charge in [-0.15, -0.1) is 0 Å². The van der Waals surface area contributed by atoms with E-state index in [0.29, 0.717) is 23.0 Å². The van der Waals surface area contributed by atoms with E-state index in [-0.39, 0.29) is 17.3 Å². The third-order valence-corrected chi connectivity index (χ3v) is 8.73. The molecule has 2 amide bonds. The molecule has 0 aliphatic carbocycles. The van der Waals surface area contributed by atoms with Gasteiger partial charge in [-0.05, 0) is 92.4 Å². The van der Waals surface area contributed by atoms with Gasteiger partial charge in [0.2, 0.25) is 11.8 Å². The highest BCUT2D eigenvalue weighted by Gasteiger charge is 2.32. The van der Waals surface area contributed by atoms with Crippen LogP contribution in [0, 0.1) is 13.8 Å². The second-order valence-electron chi connectivity index (χ2n) is 9.57. The lowest BCUT2D eigenvalue weighted by molar-refractivity contribution is -0.139. The fraction of sp³-hybridized carbons (Fsp3) is 0.333. The number of halogens is 1. The molecule has 8 nitrogen and oxygen atoms in total. The summed E-state index contributed by atoms with van der Waals surface area (Å²) in [6, 6.07) is 17.3. The minimum atomic E-state index is -4.16. The van der Waals surface area contributed by atoms with E-state index in [1.54, 1.807) is 50.4 Å². The minimum Gasteiger partial charge on any atom is -0.497 e. The maximum atomic E-state index is 14.0. The number of nitrogens with zero attached hydrogens (tertiary/aromatic N) is 2. The van der Waals surface area contributed by atoms with Gasteiger partial charge in [0, 0.05) is 18.1 Å². The molecule has 0 fully saturated rings. The number of aryl methyl sites for hydroxylation is 2. The highest BCUT2D eigenvalue weighted by molar-refractivity contribution is 7.92. The van der Waals surface area contributed by atoms with Gasteiger partial charge in [0.25, 0.3) is 10.0 Å². The van der Waals surface area contributed by atoms with Gasteiger partial charge < -0.3 is 15.0 Å². The first-order valence-corrected chi connectivity index (χ1v) is 14.9. The van der Waals surface area contributed by atoms with Crippen molar-refractivity contribution in [2.45, 2.75) is 51.6 Å². The molecule has 0 spiro atoms. The Labute approximate surface area is 241 Å². The minimum absolute atomic E-state index is 0.00151. The quantitative estimate of drug-likeness (QED) is 0.319. The van der Waals surface area contributed by atoms with E-state index in [0.717, 1.165) is 27.4 Å². The van der Waals surface area contributed by atoms with Crippen molar-refractivity contribution in [3.05, 3.63) is 88.4 Å². The van der Waals surface area contributed by atoms with Crippen LogP contribution in [0.3, 0.4) is 0 Å². The second-order valence-corrected chi connectivity index (χ2v) is 11.9. The number of carbonyl (C=O) groups is 2. The van der Waals surface area contributed by atoms with Gasteiger partial charge in [0.15, 0.2) is 0 Å². The first kappa shape index (κ1) is 31.0. The number of methoxy groups -OCH3 is 1. The highest BCUT2D eigenvalue weighted by atomic mass is 35.5. The van der Waals surface area contributed by atoms with E-state index >= 15 is 0 Å². The van der Waals surface area contributed by atoms with Crippen LogP contribution in [0.1, 0.15) is 37.0 Å². The van der Waals surface area contributed by atoms with E-state index in [2.05, 4.69) is 5.32 Å². The zero-order valence-corrected chi connectivity index (χ0v) is 25.1. The number of anilines is 1. The van der Waals surface area contributed by atoms with Crippen LogP contribution in [0.15, 0.2) is 71.6 Å². The van der Waals surface area contributed by atoms with Gasteiger partial charge in [0.05, 0.1) is 17.7 Å². The Balaban J connectivity index is 2.03. The van der Waals surface area contributed by atoms with Crippen molar-refractivity contribution >= 4 is 39.1 Å². The van der Waals surface area contributed by atoms with Gasteiger partial charge in [-0.3, -0.25) is 13.9 Å². The van der Waals surface area contributed by atoms with Gasteiger partial charge in [0.1, 0.15) is 18.3 Å². The summed E-state index contributed by atoms with van der Waals surface area (Å²) in [6.45, 7) is 7.45. The molecule has 0 bridgehead atoms. The molecule has 1 N–H and O–H groups in total. The molecule has 40 heavy (non-hydrogen) atoms. The lowest BCUT2D eigenvalue weighted by atomic mass is 10.1. The predicted molar refractivity (Wildman–Crippen MR) is 158 cm³/mol. The first-order valence-electron chi connectivity index (χ1n) is 13.0. The SMILES string of the molecule is CCCNC(=O)[C@@H](C)N(Cc1ccc(OC)cc1)C(=O)CN(c1ccc(C)c(C)c1)S(=O)(=O)c1ccc(Cl)cc1. The number of carbonyl (C=O) groups excluding carboxylic acids is 2. The van der Waals surface area contributed by atoms with Crippen molar-refractivity contribution in [2.75, 3.05) is 24.5 Å². The summed E-state index contributed by atoms with van der Waals surface area (Å²) in [6.07, 6.45) is 0.741. The van der Waals surface area contributed by atoms with Crippen LogP contribution in [-0.2, 0) is 26.2 Å². The third-order valence-electron chi connectivity index (χ3n) is 6.69. The molecule has 1 atom stereocenters. The smallest absolute Gasteiger partial charge is 0.264 e. The Morgan fingerprint density at radius 3 is 2.20 bits per heavy atom. The maximum Gasteiger partial charge on any atom is 0.264 e. The summed E-state index contributed by atoms with van der Waals surface area (Å²) in [5, 5.41) is 3.23. The summed E-state index contributed by atoms with van der Waals surface area (Å²) in [5.74, 6) is -0.182. The molecule has 0 aliphatic rings. The van der Waals surface area contributed by atoms with Crippen molar-refractivity contribution in [1.29, 1.82) is 0 Å². The number of benzene rings is 3. The van der Waals surface area contributed by atoms with Crippen LogP contribution in [0.5, 0.6) is 5.75 Å². The van der Waals surface area contributed by atoms with Crippen LogP contribution in [-0.4, -0.2) is 51.4 Å². The second kappa shape index (κ2) is 13.7. The maximum absolute atomic E-state index is 14.0. The number of nitrogens with one attached hydrogen (secondary N) is 1. The number of rotatable bonds is 12. The lowest BCUT2D eigenvalue weighted by Crippen LogP contribution is -2.51. The summed E-state index contributed by atoms with van der Waals surface area (Å²) in [4.78, 5) is 28.3. The van der Waals surface area contributed by atoms with Crippen LogP contribution in [0.25, 0.3) is 0 Å². The average molecular weight is 586 g/mol. The molecular weight excluding hydrogens is 550 g/mol. The Hall–Kier alpha value is -3.56. The molecule has 0 radical (unpaired) electrons. The van der Waals surface area contributed by atoms with Gasteiger partial charge >= 0.3 is 0 Å². The zero-order valence-electron chi connectivity index (χ0n) is 23.5. The monoisotopic (exact) mass is 585 g/mol. The molecular formula is C30H36ClN3O5S. The van der Waals surface area contributed by atoms with Crippen LogP contribution in [0.2, 0.25) is 5.02 Å². The number of hydrogen-bond acceptors (Lipinski definition) is 5. The van der Waals surface area contributed by atoms with Crippen molar-refractivity contribution < 1.29 is 22.7 Å². The van der Waals surface area contributed by atoms with Crippen molar-refractivity contribution in [2.24, 2.45) is 0 Å². The fourth-order valence-electron chi connectivity index (χ4n) is 4.05.